The zero-order valence-electron chi connectivity index (χ0n) is 13.6. The number of H-pyrrole nitrogens is 1. The molecule has 1 aliphatic heterocycles. The quantitative estimate of drug-likeness (QED) is 0.944. The monoisotopic (exact) mass is 313 g/mol. The van der Waals surface area contributed by atoms with E-state index in [0.717, 1.165) is 68.7 Å². The lowest BCUT2D eigenvalue weighted by Crippen LogP contribution is -2.41. The highest BCUT2D eigenvalue weighted by Gasteiger charge is 2.30. The molecule has 1 fully saturated rings. The van der Waals surface area contributed by atoms with Crippen LogP contribution >= 0.6 is 0 Å². The van der Waals surface area contributed by atoms with Gasteiger partial charge in [-0.3, -0.25) is 9.89 Å². The first kappa shape index (κ1) is 14.5. The van der Waals surface area contributed by atoms with Crippen molar-refractivity contribution in [3.8, 4) is 0 Å². The Morgan fingerprint density at radius 2 is 2.30 bits per heavy atom. The third-order valence-corrected chi connectivity index (χ3v) is 5.15. The maximum absolute atomic E-state index is 12.9. The van der Waals surface area contributed by atoms with Crippen LogP contribution in [0, 0.1) is 0 Å². The summed E-state index contributed by atoms with van der Waals surface area (Å²) in [4.78, 5) is 19.3. The van der Waals surface area contributed by atoms with E-state index in [0.29, 0.717) is 11.7 Å². The second-order valence-electron chi connectivity index (χ2n) is 6.53. The Hall–Kier alpha value is -2.11. The van der Waals surface area contributed by atoms with Crippen LogP contribution in [0.25, 0.3) is 0 Å². The van der Waals surface area contributed by atoms with E-state index in [4.69, 9.17) is 0 Å². The van der Waals surface area contributed by atoms with Gasteiger partial charge in [-0.1, -0.05) is 6.92 Å². The number of carbonyl (C=O) groups is 1. The fourth-order valence-electron chi connectivity index (χ4n) is 3.96. The highest BCUT2D eigenvalue weighted by atomic mass is 16.2. The van der Waals surface area contributed by atoms with E-state index in [9.17, 15) is 4.79 Å². The Morgan fingerprint density at radius 1 is 1.39 bits per heavy atom. The van der Waals surface area contributed by atoms with E-state index in [1.807, 2.05) is 17.3 Å². The molecule has 1 amide bonds. The maximum atomic E-state index is 12.9. The molecule has 0 radical (unpaired) electrons. The fraction of sp³-hybridized carbons (Fsp3) is 0.588. The van der Waals surface area contributed by atoms with Crippen molar-refractivity contribution in [1.29, 1.82) is 0 Å². The number of aryl methyl sites for hydroxylation is 2. The minimum Gasteiger partial charge on any atom is -0.335 e. The van der Waals surface area contributed by atoms with Gasteiger partial charge in [0.2, 0.25) is 0 Å². The first-order chi connectivity index (χ1) is 11.3. The number of fused-ring (bicyclic) bond motifs is 1. The van der Waals surface area contributed by atoms with E-state index in [-0.39, 0.29) is 5.91 Å². The van der Waals surface area contributed by atoms with Crippen LogP contribution in [-0.4, -0.2) is 43.6 Å². The topological polar surface area (TPSA) is 66.8 Å². The van der Waals surface area contributed by atoms with Crippen LogP contribution in [0.2, 0.25) is 0 Å². The molecule has 1 atom stereocenters. The van der Waals surface area contributed by atoms with Crippen LogP contribution in [0.4, 0.5) is 0 Å². The zero-order chi connectivity index (χ0) is 15.8. The number of piperidine rings is 1. The lowest BCUT2D eigenvalue weighted by Gasteiger charge is -2.33. The molecular weight excluding hydrogens is 290 g/mol. The molecule has 4 rings (SSSR count). The van der Waals surface area contributed by atoms with E-state index in [1.54, 1.807) is 0 Å². The minimum absolute atomic E-state index is 0.0901. The number of hydrogen-bond acceptors (Lipinski definition) is 3. The molecule has 1 aliphatic carbocycles. The Labute approximate surface area is 135 Å². The molecule has 0 aromatic carbocycles. The maximum Gasteiger partial charge on any atom is 0.274 e. The van der Waals surface area contributed by atoms with E-state index < -0.39 is 0 Å². The van der Waals surface area contributed by atoms with Crippen molar-refractivity contribution in [3.05, 3.63) is 35.2 Å². The van der Waals surface area contributed by atoms with Gasteiger partial charge < -0.3 is 9.47 Å². The first-order valence-electron chi connectivity index (χ1n) is 8.65. The molecule has 0 unspecified atom stereocenters. The molecule has 0 saturated carbocycles. The third-order valence-electron chi connectivity index (χ3n) is 5.15. The van der Waals surface area contributed by atoms with Crippen LogP contribution in [0.3, 0.4) is 0 Å². The summed E-state index contributed by atoms with van der Waals surface area (Å²) in [6, 6.07) is 0.331. The molecule has 0 spiro atoms. The largest absolute Gasteiger partial charge is 0.335 e. The van der Waals surface area contributed by atoms with Crippen molar-refractivity contribution in [3.63, 3.8) is 0 Å². The number of aromatic amines is 1. The fourth-order valence-corrected chi connectivity index (χ4v) is 3.96. The van der Waals surface area contributed by atoms with Crippen molar-refractivity contribution in [2.45, 2.75) is 51.5 Å². The summed E-state index contributed by atoms with van der Waals surface area (Å²) in [6.07, 6.45) is 10.1. The van der Waals surface area contributed by atoms with Crippen molar-refractivity contribution < 1.29 is 4.79 Å². The van der Waals surface area contributed by atoms with Crippen LogP contribution in [0.1, 0.15) is 59.8 Å². The smallest absolute Gasteiger partial charge is 0.274 e. The van der Waals surface area contributed by atoms with Crippen LogP contribution < -0.4 is 0 Å². The number of nitrogens with one attached hydrogen (secondary N) is 1. The number of hydrogen-bond donors (Lipinski definition) is 1. The van der Waals surface area contributed by atoms with Gasteiger partial charge in [0.05, 0.1) is 6.04 Å². The number of rotatable bonds is 3. The molecule has 2 aliphatic rings. The van der Waals surface area contributed by atoms with E-state index >= 15 is 0 Å². The summed E-state index contributed by atoms with van der Waals surface area (Å²) in [5.41, 5.74) is 2.96. The molecule has 3 heterocycles. The molecule has 1 N–H and O–H groups in total. The van der Waals surface area contributed by atoms with Crippen LogP contribution in [0.5, 0.6) is 0 Å². The lowest BCUT2D eigenvalue weighted by atomic mass is 10.0. The molecule has 23 heavy (non-hydrogen) atoms. The van der Waals surface area contributed by atoms with Crippen molar-refractivity contribution >= 4 is 5.91 Å². The second-order valence-corrected chi connectivity index (χ2v) is 6.53. The summed E-state index contributed by atoms with van der Waals surface area (Å²) in [6.45, 7) is 3.70. The van der Waals surface area contributed by atoms with Crippen molar-refractivity contribution in [2.75, 3.05) is 13.1 Å². The molecular formula is C17H23N5O. The van der Waals surface area contributed by atoms with Gasteiger partial charge in [-0.25, -0.2) is 4.98 Å². The highest BCUT2D eigenvalue weighted by molar-refractivity contribution is 5.94. The van der Waals surface area contributed by atoms with Gasteiger partial charge in [0.15, 0.2) is 5.69 Å². The SMILES string of the molecule is CCc1nccn1[C@@H]1CCCN(C(=O)c2n[nH]c3c2CCC3)C1. The van der Waals surface area contributed by atoms with Crippen LogP contribution in [0.15, 0.2) is 12.4 Å². The van der Waals surface area contributed by atoms with E-state index in [2.05, 4.69) is 26.7 Å². The molecule has 0 bridgehead atoms. The Balaban J connectivity index is 1.54. The summed E-state index contributed by atoms with van der Waals surface area (Å²) in [5, 5.41) is 7.35. The normalized spacial score (nSPS) is 20.7. The van der Waals surface area contributed by atoms with Gasteiger partial charge in [0.25, 0.3) is 5.91 Å². The zero-order valence-corrected chi connectivity index (χ0v) is 13.6. The van der Waals surface area contributed by atoms with Gasteiger partial charge in [0.1, 0.15) is 5.82 Å². The molecule has 1 saturated heterocycles. The second kappa shape index (κ2) is 5.83. The Morgan fingerprint density at radius 3 is 3.17 bits per heavy atom. The number of imidazole rings is 1. The third kappa shape index (κ3) is 2.46. The summed E-state index contributed by atoms with van der Waals surface area (Å²) < 4.78 is 2.24. The summed E-state index contributed by atoms with van der Waals surface area (Å²) in [5.74, 6) is 1.19. The van der Waals surface area contributed by atoms with Gasteiger partial charge in [0, 0.05) is 43.2 Å². The number of nitrogens with zero attached hydrogens (tertiary/aromatic N) is 4. The van der Waals surface area contributed by atoms with Crippen LogP contribution in [-0.2, 0) is 19.3 Å². The average molecular weight is 313 g/mol. The molecule has 122 valence electrons. The van der Waals surface area contributed by atoms with Gasteiger partial charge >= 0.3 is 0 Å². The summed E-state index contributed by atoms with van der Waals surface area (Å²) >= 11 is 0. The first-order valence-corrected chi connectivity index (χ1v) is 8.65. The Bertz CT molecular complexity index is 716. The predicted molar refractivity (Wildman–Crippen MR) is 86.4 cm³/mol. The standard InChI is InChI=1S/C17H23N5O/c1-2-15-18-8-10-22(15)12-5-4-9-21(11-12)17(23)16-13-6-3-7-14(13)19-20-16/h8,10,12H,2-7,9,11H2,1H3,(H,19,20)/t12-/m1/s1. The van der Waals surface area contributed by atoms with Crippen molar-refractivity contribution in [1.82, 2.24) is 24.6 Å². The number of amides is 1. The van der Waals surface area contributed by atoms with Gasteiger partial charge in [-0.05, 0) is 32.1 Å². The molecule has 2 aromatic rings. The lowest BCUT2D eigenvalue weighted by molar-refractivity contribution is 0.0671. The Kier molecular flexibility index (Phi) is 3.67. The molecule has 6 heteroatoms. The highest BCUT2D eigenvalue weighted by Crippen LogP contribution is 2.27. The van der Waals surface area contributed by atoms with Gasteiger partial charge in [-0.15, -0.1) is 0 Å². The van der Waals surface area contributed by atoms with E-state index in [1.165, 1.54) is 0 Å². The summed E-state index contributed by atoms with van der Waals surface area (Å²) in [7, 11) is 0. The van der Waals surface area contributed by atoms with Gasteiger partial charge in [-0.2, -0.15) is 5.10 Å². The minimum atomic E-state index is 0.0901. The number of aromatic nitrogens is 4. The molecule has 6 nitrogen and oxygen atoms in total. The predicted octanol–water partition coefficient (Wildman–Crippen LogP) is 2.13. The average Bonchev–Trinajstić information content (AvgIpc) is 3.30. The molecule has 2 aromatic heterocycles. The number of carbonyl (C=O) groups excluding carboxylic acids is 1. The van der Waals surface area contributed by atoms with Crippen molar-refractivity contribution in [2.24, 2.45) is 0 Å². The number of likely N-dealkylation sites (tertiary alicyclic amines) is 1.